The number of anilines is 1. The number of nitrogens with zero attached hydrogens (tertiary/aromatic N) is 2. The maximum atomic E-state index is 14.1. The summed E-state index contributed by atoms with van der Waals surface area (Å²) in [7, 11) is -4.08. The molecule has 40 heavy (non-hydrogen) atoms. The Balaban J connectivity index is 2.06. The predicted octanol–water partition coefficient (Wildman–Crippen LogP) is 5.65. The van der Waals surface area contributed by atoms with Crippen LogP contribution in [0.15, 0.2) is 83.8 Å². The summed E-state index contributed by atoms with van der Waals surface area (Å²) in [4.78, 5) is 28.9. The molecule has 0 radical (unpaired) electrons. The van der Waals surface area contributed by atoms with Gasteiger partial charge in [0.15, 0.2) is 0 Å². The first-order valence-electron chi connectivity index (χ1n) is 13.8. The van der Waals surface area contributed by atoms with Crippen molar-refractivity contribution >= 4 is 27.5 Å². The normalized spacial score (nSPS) is 12.3. The van der Waals surface area contributed by atoms with Gasteiger partial charge in [-0.15, -0.1) is 0 Å². The summed E-state index contributed by atoms with van der Waals surface area (Å²) in [5.41, 5.74) is 3.38. The van der Waals surface area contributed by atoms with Gasteiger partial charge in [0.05, 0.1) is 10.6 Å². The summed E-state index contributed by atoms with van der Waals surface area (Å²) in [5, 5.41) is 2.92. The molecule has 1 atom stereocenters. The molecule has 0 unspecified atom stereocenters. The van der Waals surface area contributed by atoms with Gasteiger partial charge in [-0.05, 0) is 68.5 Å². The molecule has 0 heterocycles. The highest BCUT2D eigenvalue weighted by atomic mass is 32.2. The molecule has 3 aromatic carbocycles. The molecule has 3 rings (SSSR count). The summed E-state index contributed by atoms with van der Waals surface area (Å²) >= 11 is 0. The summed E-state index contributed by atoms with van der Waals surface area (Å²) in [6.45, 7) is 11.4. The van der Waals surface area contributed by atoms with Crippen molar-refractivity contribution in [1.29, 1.82) is 0 Å². The van der Waals surface area contributed by atoms with Crippen LogP contribution in [0, 0.1) is 6.92 Å². The zero-order valence-electron chi connectivity index (χ0n) is 24.3. The Labute approximate surface area is 239 Å². The summed E-state index contributed by atoms with van der Waals surface area (Å²) < 4.78 is 28.9. The second-order valence-electron chi connectivity index (χ2n) is 10.7. The largest absolute Gasteiger partial charge is 0.352 e. The summed E-state index contributed by atoms with van der Waals surface area (Å²) in [6, 6.07) is 22.2. The number of aryl methyl sites for hydroxylation is 1. The number of carbonyl (C=O) groups excluding carboxylic acids is 2. The molecule has 8 heteroatoms. The number of nitrogens with one attached hydrogen (secondary N) is 1. The van der Waals surface area contributed by atoms with Crippen LogP contribution in [0.5, 0.6) is 0 Å². The Kier molecular flexibility index (Phi) is 10.5. The fraction of sp³-hybridized carbons (Fsp3) is 0.375. The van der Waals surface area contributed by atoms with Crippen LogP contribution in [0.4, 0.5) is 5.69 Å². The van der Waals surface area contributed by atoms with E-state index in [2.05, 4.69) is 19.2 Å². The van der Waals surface area contributed by atoms with Crippen LogP contribution in [-0.4, -0.2) is 43.8 Å². The first kappa shape index (κ1) is 30.9. The molecular formula is C32H41N3O4S. The number of sulfonamides is 1. The lowest BCUT2D eigenvalue weighted by Crippen LogP contribution is -2.53. The smallest absolute Gasteiger partial charge is 0.264 e. The third kappa shape index (κ3) is 7.72. The Morgan fingerprint density at radius 3 is 1.98 bits per heavy atom. The van der Waals surface area contributed by atoms with Crippen molar-refractivity contribution < 1.29 is 18.0 Å². The van der Waals surface area contributed by atoms with E-state index in [1.54, 1.807) is 30.3 Å². The Hall–Kier alpha value is -3.65. The minimum Gasteiger partial charge on any atom is -0.352 e. The zero-order valence-corrected chi connectivity index (χ0v) is 25.1. The highest BCUT2D eigenvalue weighted by molar-refractivity contribution is 7.92. The Morgan fingerprint density at radius 2 is 1.45 bits per heavy atom. The van der Waals surface area contributed by atoms with Crippen molar-refractivity contribution in [1.82, 2.24) is 10.2 Å². The van der Waals surface area contributed by atoms with Crippen molar-refractivity contribution in [2.24, 2.45) is 0 Å². The van der Waals surface area contributed by atoms with Crippen LogP contribution >= 0.6 is 0 Å². The number of hydrogen-bond acceptors (Lipinski definition) is 4. The van der Waals surface area contributed by atoms with Crippen molar-refractivity contribution in [3.05, 3.63) is 95.6 Å². The summed E-state index contributed by atoms with van der Waals surface area (Å²) in [5.74, 6) is -0.458. The molecule has 0 aromatic heterocycles. The standard InChI is InChI=1S/C32H41N3O4S/c1-7-30(32(37)33-24(4)5)34(21-26-15-13-25(6)14-16-26)31(36)22-35(28-19-17-27(18-20-28)23(2)3)40(38,39)29-11-9-8-10-12-29/h8-20,23-24,30H,7,21-22H2,1-6H3,(H,33,37)/t30-/m0/s1. The van der Waals surface area contributed by atoms with Gasteiger partial charge in [0.25, 0.3) is 10.0 Å². The average Bonchev–Trinajstić information content (AvgIpc) is 2.92. The molecule has 0 saturated heterocycles. The fourth-order valence-corrected chi connectivity index (χ4v) is 5.90. The molecule has 214 valence electrons. The van der Waals surface area contributed by atoms with E-state index in [0.29, 0.717) is 12.1 Å². The monoisotopic (exact) mass is 563 g/mol. The van der Waals surface area contributed by atoms with Gasteiger partial charge in [-0.2, -0.15) is 0 Å². The second kappa shape index (κ2) is 13.6. The first-order chi connectivity index (χ1) is 18.9. The molecule has 2 amide bonds. The van der Waals surface area contributed by atoms with Crippen molar-refractivity contribution in [2.75, 3.05) is 10.8 Å². The number of rotatable bonds is 12. The van der Waals surface area contributed by atoms with Gasteiger partial charge < -0.3 is 10.2 Å². The van der Waals surface area contributed by atoms with Crippen LogP contribution in [0.25, 0.3) is 0 Å². The molecule has 1 N–H and O–H groups in total. The van der Waals surface area contributed by atoms with Gasteiger partial charge in [0.2, 0.25) is 11.8 Å². The molecule has 0 fully saturated rings. The number of amides is 2. The number of benzene rings is 3. The van der Waals surface area contributed by atoms with Crippen molar-refractivity contribution in [3.63, 3.8) is 0 Å². The summed E-state index contributed by atoms with van der Waals surface area (Å²) in [6.07, 6.45) is 0.380. The van der Waals surface area contributed by atoms with Crippen LogP contribution in [-0.2, 0) is 26.2 Å². The topological polar surface area (TPSA) is 86.8 Å². The van der Waals surface area contributed by atoms with E-state index in [9.17, 15) is 18.0 Å². The van der Waals surface area contributed by atoms with E-state index >= 15 is 0 Å². The molecule has 0 aliphatic rings. The number of hydrogen-bond donors (Lipinski definition) is 1. The highest BCUT2D eigenvalue weighted by Gasteiger charge is 2.33. The van der Waals surface area contributed by atoms with E-state index in [1.807, 2.05) is 64.1 Å². The fourth-order valence-electron chi connectivity index (χ4n) is 4.46. The number of carbonyl (C=O) groups is 2. The van der Waals surface area contributed by atoms with Crippen LogP contribution in [0.1, 0.15) is 63.6 Å². The highest BCUT2D eigenvalue weighted by Crippen LogP contribution is 2.27. The zero-order chi connectivity index (χ0) is 29.4. The van der Waals surface area contributed by atoms with Crippen LogP contribution in [0.2, 0.25) is 0 Å². The lowest BCUT2D eigenvalue weighted by Gasteiger charge is -2.33. The Morgan fingerprint density at radius 1 is 0.850 bits per heavy atom. The molecule has 0 saturated carbocycles. The van der Waals surface area contributed by atoms with Gasteiger partial charge in [-0.25, -0.2) is 8.42 Å². The molecule has 0 bridgehead atoms. The molecule has 3 aromatic rings. The second-order valence-corrected chi connectivity index (χ2v) is 12.5. The van der Waals surface area contributed by atoms with E-state index < -0.39 is 28.5 Å². The lowest BCUT2D eigenvalue weighted by atomic mass is 10.0. The minimum absolute atomic E-state index is 0.0883. The maximum absolute atomic E-state index is 14.1. The SMILES string of the molecule is CC[C@@H](C(=O)NC(C)C)N(Cc1ccc(C)cc1)C(=O)CN(c1ccc(C(C)C)cc1)S(=O)(=O)c1ccccc1. The predicted molar refractivity (Wildman–Crippen MR) is 161 cm³/mol. The molecule has 0 spiro atoms. The van der Waals surface area contributed by atoms with Crippen LogP contribution < -0.4 is 9.62 Å². The van der Waals surface area contributed by atoms with E-state index in [4.69, 9.17) is 0 Å². The minimum atomic E-state index is -4.08. The van der Waals surface area contributed by atoms with E-state index in [1.165, 1.54) is 17.0 Å². The van der Waals surface area contributed by atoms with Gasteiger partial charge in [-0.1, -0.05) is 80.9 Å². The molecule has 0 aliphatic heterocycles. The third-order valence-electron chi connectivity index (χ3n) is 6.75. The molecule has 0 aliphatic carbocycles. The van der Waals surface area contributed by atoms with Crippen molar-refractivity contribution in [3.8, 4) is 0 Å². The molecular weight excluding hydrogens is 522 g/mol. The maximum Gasteiger partial charge on any atom is 0.264 e. The van der Waals surface area contributed by atoms with Crippen LogP contribution in [0.3, 0.4) is 0 Å². The molecule has 7 nitrogen and oxygen atoms in total. The average molecular weight is 564 g/mol. The van der Waals surface area contributed by atoms with E-state index in [-0.39, 0.29) is 29.3 Å². The lowest BCUT2D eigenvalue weighted by molar-refractivity contribution is -0.140. The first-order valence-corrected chi connectivity index (χ1v) is 15.2. The van der Waals surface area contributed by atoms with Gasteiger partial charge in [0, 0.05) is 12.6 Å². The van der Waals surface area contributed by atoms with Gasteiger partial charge >= 0.3 is 0 Å². The van der Waals surface area contributed by atoms with Gasteiger partial charge in [0.1, 0.15) is 12.6 Å². The van der Waals surface area contributed by atoms with Crippen molar-refractivity contribution in [2.45, 2.75) is 77.4 Å². The van der Waals surface area contributed by atoms with Gasteiger partial charge in [-0.3, -0.25) is 13.9 Å². The quantitative estimate of drug-likeness (QED) is 0.309. The Bertz CT molecular complexity index is 1370. The third-order valence-corrected chi connectivity index (χ3v) is 8.54. The van der Waals surface area contributed by atoms with E-state index in [0.717, 1.165) is 21.0 Å².